The largest absolute Gasteiger partial charge is 0.478 e. The number of carboxylic acids is 1. The molecule has 0 amide bonds. The third-order valence-corrected chi connectivity index (χ3v) is 3.69. The van der Waals surface area contributed by atoms with E-state index in [1.54, 1.807) is 12.1 Å². The van der Waals surface area contributed by atoms with Crippen LogP contribution in [-0.2, 0) is 0 Å². The van der Waals surface area contributed by atoms with E-state index in [0.29, 0.717) is 10.2 Å². The average Bonchev–Trinajstić information content (AvgIpc) is 2.32. The number of halogens is 2. The number of carbonyl (C=O) groups is 1. The smallest absolute Gasteiger partial charge is 0.336 e. The Morgan fingerprint density at radius 1 is 1.16 bits per heavy atom. The van der Waals surface area contributed by atoms with Crippen molar-refractivity contribution < 1.29 is 14.6 Å². The SMILES string of the molecule is Cc1cc(Br)ccc1Oc1ccc(C(=O)O)c(Br)c1. The highest BCUT2D eigenvalue weighted by molar-refractivity contribution is 9.10. The molecule has 5 heteroatoms. The van der Waals surface area contributed by atoms with Gasteiger partial charge >= 0.3 is 5.97 Å². The van der Waals surface area contributed by atoms with Gasteiger partial charge in [0.15, 0.2) is 0 Å². The summed E-state index contributed by atoms with van der Waals surface area (Å²) in [4.78, 5) is 10.9. The zero-order valence-electron chi connectivity index (χ0n) is 9.98. The third-order valence-electron chi connectivity index (χ3n) is 2.54. The van der Waals surface area contributed by atoms with Gasteiger partial charge in [-0.2, -0.15) is 0 Å². The molecular weight excluding hydrogens is 376 g/mol. The van der Waals surface area contributed by atoms with Gasteiger partial charge in [-0.05, 0) is 64.8 Å². The Balaban J connectivity index is 2.29. The van der Waals surface area contributed by atoms with Crippen molar-refractivity contribution in [3.63, 3.8) is 0 Å². The van der Waals surface area contributed by atoms with Crippen LogP contribution < -0.4 is 4.74 Å². The molecule has 0 aliphatic carbocycles. The molecule has 2 aromatic rings. The average molecular weight is 386 g/mol. The Morgan fingerprint density at radius 2 is 1.89 bits per heavy atom. The highest BCUT2D eigenvalue weighted by Gasteiger charge is 2.10. The van der Waals surface area contributed by atoms with E-state index in [4.69, 9.17) is 9.84 Å². The van der Waals surface area contributed by atoms with E-state index >= 15 is 0 Å². The molecule has 1 N–H and O–H groups in total. The van der Waals surface area contributed by atoms with E-state index in [-0.39, 0.29) is 5.56 Å². The molecule has 0 unspecified atom stereocenters. The molecule has 0 bridgehead atoms. The summed E-state index contributed by atoms with van der Waals surface area (Å²) in [7, 11) is 0. The van der Waals surface area contributed by atoms with Crippen molar-refractivity contribution >= 4 is 37.8 Å². The van der Waals surface area contributed by atoms with Gasteiger partial charge in [0.25, 0.3) is 0 Å². The number of benzene rings is 2. The Bertz CT molecular complexity index is 639. The summed E-state index contributed by atoms with van der Waals surface area (Å²) in [6.07, 6.45) is 0. The molecule has 0 aliphatic heterocycles. The number of aryl methyl sites for hydroxylation is 1. The fourth-order valence-corrected chi connectivity index (χ4v) is 2.59. The van der Waals surface area contributed by atoms with Crippen molar-refractivity contribution in [3.8, 4) is 11.5 Å². The summed E-state index contributed by atoms with van der Waals surface area (Å²) in [5.74, 6) is 0.346. The topological polar surface area (TPSA) is 46.5 Å². The van der Waals surface area contributed by atoms with Crippen LogP contribution in [0.15, 0.2) is 45.3 Å². The number of aromatic carboxylic acids is 1. The number of ether oxygens (including phenoxy) is 1. The Kier molecular flexibility index (Phi) is 4.27. The predicted molar refractivity (Wildman–Crippen MR) is 80.1 cm³/mol. The minimum atomic E-state index is -0.974. The summed E-state index contributed by atoms with van der Waals surface area (Å²) in [6.45, 7) is 1.95. The highest BCUT2D eigenvalue weighted by atomic mass is 79.9. The standard InChI is InChI=1S/C14H10Br2O3/c1-8-6-9(15)2-5-13(8)19-10-3-4-11(14(17)18)12(16)7-10/h2-7H,1H3,(H,17,18). The van der Waals surface area contributed by atoms with E-state index in [2.05, 4.69) is 31.9 Å². The van der Waals surface area contributed by atoms with Crippen LogP contribution in [0.1, 0.15) is 15.9 Å². The first kappa shape index (κ1) is 14.1. The van der Waals surface area contributed by atoms with E-state index in [9.17, 15) is 4.79 Å². The molecule has 0 aromatic heterocycles. The summed E-state index contributed by atoms with van der Waals surface area (Å²) in [6, 6.07) is 10.5. The second-order valence-electron chi connectivity index (χ2n) is 3.96. The van der Waals surface area contributed by atoms with E-state index < -0.39 is 5.97 Å². The lowest BCUT2D eigenvalue weighted by molar-refractivity contribution is 0.0696. The number of hydrogen-bond acceptors (Lipinski definition) is 2. The first-order valence-corrected chi connectivity index (χ1v) is 7.03. The lowest BCUT2D eigenvalue weighted by Gasteiger charge is -2.10. The van der Waals surface area contributed by atoms with Gasteiger partial charge in [0.2, 0.25) is 0 Å². The second-order valence-corrected chi connectivity index (χ2v) is 5.73. The van der Waals surface area contributed by atoms with Crippen LogP contribution in [0.25, 0.3) is 0 Å². The van der Waals surface area contributed by atoms with Crippen molar-refractivity contribution in [2.45, 2.75) is 6.92 Å². The number of hydrogen-bond donors (Lipinski definition) is 1. The van der Waals surface area contributed by atoms with E-state index in [1.165, 1.54) is 6.07 Å². The Labute approximate surface area is 127 Å². The molecule has 98 valence electrons. The van der Waals surface area contributed by atoms with Crippen LogP contribution in [0.3, 0.4) is 0 Å². The van der Waals surface area contributed by atoms with Gasteiger partial charge in [-0.1, -0.05) is 15.9 Å². The summed E-state index contributed by atoms with van der Waals surface area (Å²) < 4.78 is 7.21. The van der Waals surface area contributed by atoms with Crippen LogP contribution in [0.4, 0.5) is 0 Å². The van der Waals surface area contributed by atoms with Crippen molar-refractivity contribution in [3.05, 3.63) is 56.5 Å². The molecule has 0 spiro atoms. The van der Waals surface area contributed by atoms with Crippen LogP contribution >= 0.6 is 31.9 Å². The number of carboxylic acid groups (broad SMARTS) is 1. The first-order valence-electron chi connectivity index (χ1n) is 5.44. The van der Waals surface area contributed by atoms with Gasteiger partial charge in [0.1, 0.15) is 11.5 Å². The van der Waals surface area contributed by atoms with Gasteiger partial charge in [0.05, 0.1) is 5.56 Å². The maximum Gasteiger partial charge on any atom is 0.336 e. The molecule has 3 nitrogen and oxygen atoms in total. The van der Waals surface area contributed by atoms with Gasteiger partial charge < -0.3 is 9.84 Å². The molecule has 0 saturated heterocycles. The first-order chi connectivity index (χ1) is 8.97. The van der Waals surface area contributed by atoms with Crippen LogP contribution in [0.2, 0.25) is 0 Å². The predicted octanol–water partition coefficient (Wildman–Crippen LogP) is 5.01. The lowest BCUT2D eigenvalue weighted by Crippen LogP contribution is -1.97. The molecule has 0 heterocycles. The molecule has 19 heavy (non-hydrogen) atoms. The molecule has 0 atom stereocenters. The molecule has 2 aromatic carbocycles. The molecular formula is C14H10Br2O3. The second kappa shape index (κ2) is 5.75. The summed E-state index contributed by atoms with van der Waals surface area (Å²) in [5, 5.41) is 8.94. The summed E-state index contributed by atoms with van der Waals surface area (Å²) in [5.41, 5.74) is 1.20. The minimum Gasteiger partial charge on any atom is -0.478 e. The maximum atomic E-state index is 10.9. The molecule has 0 fully saturated rings. The zero-order valence-corrected chi connectivity index (χ0v) is 13.2. The van der Waals surface area contributed by atoms with Crippen LogP contribution in [0.5, 0.6) is 11.5 Å². The normalized spacial score (nSPS) is 10.3. The van der Waals surface area contributed by atoms with Crippen LogP contribution in [0, 0.1) is 6.92 Å². The molecule has 0 saturated carbocycles. The third kappa shape index (κ3) is 3.36. The van der Waals surface area contributed by atoms with Crippen molar-refractivity contribution in [2.24, 2.45) is 0 Å². The fraction of sp³-hybridized carbons (Fsp3) is 0.0714. The molecule has 2 rings (SSSR count). The quantitative estimate of drug-likeness (QED) is 0.807. The van der Waals surface area contributed by atoms with Gasteiger partial charge in [-0.15, -0.1) is 0 Å². The monoisotopic (exact) mass is 384 g/mol. The van der Waals surface area contributed by atoms with Gasteiger partial charge in [-0.25, -0.2) is 4.79 Å². The minimum absolute atomic E-state index is 0.208. The molecule has 0 aliphatic rings. The van der Waals surface area contributed by atoms with E-state index in [0.717, 1.165) is 15.8 Å². The Hall–Kier alpha value is -1.33. The van der Waals surface area contributed by atoms with Crippen molar-refractivity contribution in [2.75, 3.05) is 0 Å². The fourth-order valence-electron chi connectivity index (χ4n) is 1.59. The van der Waals surface area contributed by atoms with E-state index in [1.807, 2.05) is 25.1 Å². The zero-order chi connectivity index (χ0) is 14.0. The lowest BCUT2D eigenvalue weighted by atomic mass is 10.2. The Morgan fingerprint density at radius 3 is 2.47 bits per heavy atom. The van der Waals surface area contributed by atoms with Crippen LogP contribution in [-0.4, -0.2) is 11.1 Å². The maximum absolute atomic E-state index is 10.9. The van der Waals surface area contributed by atoms with Crippen molar-refractivity contribution in [1.82, 2.24) is 0 Å². The highest BCUT2D eigenvalue weighted by Crippen LogP contribution is 2.30. The van der Waals surface area contributed by atoms with Gasteiger partial charge in [-0.3, -0.25) is 0 Å². The summed E-state index contributed by atoms with van der Waals surface area (Å²) >= 11 is 6.61. The van der Waals surface area contributed by atoms with Gasteiger partial charge in [0, 0.05) is 8.95 Å². The number of rotatable bonds is 3. The van der Waals surface area contributed by atoms with Crippen molar-refractivity contribution in [1.29, 1.82) is 0 Å². The molecule has 0 radical (unpaired) electrons.